The van der Waals surface area contributed by atoms with Crippen molar-refractivity contribution in [2.24, 2.45) is 14.1 Å². The summed E-state index contributed by atoms with van der Waals surface area (Å²) in [6.07, 6.45) is 0. The molecule has 11 heteroatoms. The molecule has 0 spiro atoms. The van der Waals surface area contributed by atoms with Crippen LogP contribution in [-0.2, 0) is 26.4 Å². The Bertz CT molecular complexity index is 1630. The first-order valence-electron chi connectivity index (χ1n) is 10.0. The van der Waals surface area contributed by atoms with Crippen molar-refractivity contribution in [2.45, 2.75) is 17.5 Å². The third kappa shape index (κ3) is 3.44. The number of rotatable bonds is 5. The molecule has 0 aliphatic heterocycles. The Morgan fingerprint density at radius 1 is 0.939 bits per heavy atom. The van der Waals surface area contributed by atoms with Crippen molar-refractivity contribution in [3.8, 4) is 0 Å². The van der Waals surface area contributed by atoms with Crippen molar-refractivity contribution in [2.75, 3.05) is 0 Å². The van der Waals surface area contributed by atoms with Crippen molar-refractivity contribution in [1.82, 2.24) is 28.3 Å². The number of fused-ring (bicyclic) bond motifs is 3. The number of nitrogens with zero attached hydrogens (tertiary/aromatic N) is 6. The molecule has 0 atom stereocenters. The summed E-state index contributed by atoms with van der Waals surface area (Å²) in [7, 11) is 2.98. The van der Waals surface area contributed by atoms with Crippen molar-refractivity contribution in [3.63, 3.8) is 0 Å². The molecule has 0 bridgehead atoms. The molecule has 0 aliphatic rings. The summed E-state index contributed by atoms with van der Waals surface area (Å²) in [5.41, 5.74) is 0.870. The fourth-order valence-corrected chi connectivity index (χ4v) is 4.72. The molecule has 3 aromatic heterocycles. The van der Waals surface area contributed by atoms with E-state index in [9.17, 15) is 18.4 Å². The smallest absolute Gasteiger partial charge is 0.298 e. The fraction of sp³-hybridized carbons (Fsp3) is 0.182. The first-order chi connectivity index (χ1) is 15.9. The van der Waals surface area contributed by atoms with Gasteiger partial charge in [0.2, 0.25) is 5.78 Å². The van der Waals surface area contributed by atoms with Gasteiger partial charge in [0.05, 0.1) is 6.54 Å². The van der Waals surface area contributed by atoms with E-state index >= 15 is 0 Å². The number of hydrogen-bond acceptors (Lipinski definition) is 5. The molecule has 0 amide bonds. The van der Waals surface area contributed by atoms with Gasteiger partial charge >= 0.3 is 5.69 Å². The summed E-state index contributed by atoms with van der Waals surface area (Å²) in [5.74, 6) is -0.0556. The van der Waals surface area contributed by atoms with Crippen LogP contribution in [0, 0.1) is 11.6 Å². The van der Waals surface area contributed by atoms with E-state index in [0.29, 0.717) is 22.1 Å². The van der Waals surface area contributed by atoms with E-state index in [1.165, 1.54) is 41.6 Å². The first kappa shape index (κ1) is 21.1. The van der Waals surface area contributed by atoms with E-state index in [4.69, 9.17) is 0 Å². The Hall–Kier alpha value is -3.73. The Balaban J connectivity index is 1.72. The third-order valence-electron chi connectivity index (χ3n) is 5.52. The zero-order chi connectivity index (χ0) is 23.3. The fourth-order valence-electron chi connectivity index (χ4n) is 3.80. The van der Waals surface area contributed by atoms with Crippen LogP contribution >= 0.6 is 11.8 Å². The SMILES string of the molecule is Cn1c(=O)c2c(n(C)c1=O)n1c(SCc3ccccc3F)nnc1n2Cc1ccc(F)cc1. The molecular weight excluding hydrogens is 450 g/mol. The second-order valence-electron chi connectivity index (χ2n) is 7.59. The molecule has 8 nitrogen and oxygen atoms in total. The Labute approximate surface area is 189 Å². The molecule has 5 aromatic rings. The topological polar surface area (TPSA) is 79.1 Å². The molecule has 0 saturated heterocycles. The summed E-state index contributed by atoms with van der Waals surface area (Å²) in [5, 5.41) is 8.92. The van der Waals surface area contributed by atoms with Crippen LogP contribution in [0.4, 0.5) is 8.78 Å². The quantitative estimate of drug-likeness (QED) is 0.371. The van der Waals surface area contributed by atoms with Crippen molar-refractivity contribution in [1.29, 1.82) is 0 Å². The lowest BCUT2D eigenvalue weighted by molar-refractivity contribution is 0.617. The van der Waals surface area contributed by atoms with Crippen LogP contribution in [0.15, 0.2) is 63.3 Å². The van der Waals surface area contributed by atoms with Gasteiger partial charge in [-0.2, -0.15) is 0 Å². The van der Waals surface area contributed by atoms with Crippen LogP contribution in [0.1, 0.15) is 11.1 Å². The van der Waals surface area contributed by atoms with Gasteiger partial charge in [0.25, 0.3) is 5.56 Å². The maximum atomic E-state index is 14.1. The number of imidazole rings is 1. The number of hydrogen-bond donors (Lipinski definition) is 0. The van der Waals surface area contributed by atoms with E-state index in [0.717, 1.165) is 10.1 Å². The standard InChI is InChI=1S/C22H18F2N6O2S/c1-27-18-17(19(31)28(2)22(27)32)29(11-13-7-9-15(23)10-8-13)20-25-26-21(30(18)20)33-12-14-5-3-4-6-16(14)24/h3-10H,11-12H2,1-2H3. The van der Waals surface area contributed by atoms with Gasteiger partial charge in [0.1, 0.15) is 11.6 Å². The largest absolute Gasteiger partial charge is 0.332 e. The molecule has 0 radical (unpaired) electrons. The van der Waals surface area contributed by atoms with Crippen molar-refractivity contribution in [3.05, 3.63) is 92.1 Å². The minimum Gasteiger partial charge on any atom is -0.298 e. The minimum absolute atomic E-state index is 0.219. The highest BCUT2D eigenvalue weighted by atomic mass is 32.2. The van der Waals surface area contributed by atoms with Gasteiger partial charge in [-0.25, -0.2) is 18.0 Å². The molecule has 0 aliphatic carbocycles. The van der Waals surface area contributed by atoms with Crippen LogP contribution in [0.25, 0.3) is 16.9 Å². The van der Waals surface area contributed by atoms with Crippen LogP contribution in [0.5, 0.6) is 0 Å². The van der Waals surface area contributed by atoms with Gasteiger partial charge in [0.15, 0.2) is 16.3 Å². The maximum absolute atomic E-state index is 14.1. The summed E-state index contributed by atoms with van der Waals surface area (Å²) < 4.78 is 33.2. The molecule has 33 heavy (non-hydrogen) atoms. The predicted molar refractivity (Wildman–Crippen MR) is 120 cm³/mol. The van der Waals surface area contributed by atoms with Gasteiger partial charge in [-0.15, -0.1) is 10.2 Å². The molecule has 3 heterocycles. The van der Waals surface area contributed by atoms with E-state index in [1.807, 2.05) is 0 Å². The van der Waals surface area contributed by atoms with Crippen LogP contribution in [0.3, 0.4) is 0 Å². The molecule has 0 saturated carbocycles. The van der Waals surface area contributed by atoms with Crippen LogP contribution < -0.4 is 11.2 Å². The van der Waals surface area contributed by atoms with Gasteiger partial charge < -0.3 is 0 Å². The normalized spacial score (nSPS) is 11.6. The minimum atomic E-state index is -0.493. The Kier molecular flexibility index (Phi) is 5.12. The van der Waals surface area contributed by atoms with E-state index < -0.39 is 11.2 Å². The summed E-state index contributed by atoms with van der Waals surface area (Å²) in [6, 6.07) is 12.4. The number of aryl methyl sites for hydroxylation is 1. The highest BCUT2D eigenvalue weighted by Crippen LogP contribution is 2.27. The summed E-state index contributed by atoms with van der Waals surface area (Å²) in [4.78, 5) is 25.8. The molecule has 2 aromatic carbocycles. The zero-order valence-electron chi connectivity index (χ0n) is 17.7. The first-order valence-corrected chi connectivity index (χ1v) is 11.0. The number of benzene rings is 2. The lowest BCUT2D eigenvalue weighted by atomic mass is 10.2. The number of thioether (sulfide) groups is 1. The van der Waals surface area contributed by atoms with Crippen molar-refractivity contribution >= 4 is 28.7 Å². The molecule has 168 valence electrons. The summed E-state index contributed by atoms with van der Waals surface area (Å²) >= 11 is 1.25. The third-order valence-corrected chi connectivity index (χ3v) is 6.50. The average Bonchev–Trinajstić information content (AvgIpc) is 3.36. The second kappa shape index (κ2) is 8.00. The van der Waals surface area contributed by atoms with Crippen LogP contribution in [0.2, 0.25) is 0 Å². The molecular formula is C22H18F2N6O2S. The van der Waals surface area contributed by atoms with Gasteiger partial charge in [-0.3, -0.25) is 18.5 Å². The lowest BCUT2D eigenvalue weighted by Crippen LogP contribution is -2.37. The van der Waals surface area contributed by atoms with Gasteiger partial charge in [0, 0.05) is 19.8 Å². The highest BCUT2D eigenvalue weighted by molar-refractivity contribution is 7.98. The highest BCUT2D eigenvalue weighted by Gasteiger charge is 2.24. The Morgan fingerprint density at radius 3 is 2.39 bits per heavy atom. The molecule has 0 unspecified atom stereocenters. The molecule has 0 N–H and O–H groups in total. The van der Waals surface area contributed by atoms with E-state index in [1.54, 1.807) is 46.3 Å². The summed E-state index contributed by atoms with van der Waals surface area (Å²) in [6.45, 7) is 0.219. The molecule has 5 rings (SSSR count). The maximum Gasteiger partial charge on any atom is 0.332 e. The Morgan fingerprint density at radius 2 is 1.67 bits per heavy atom. The van der Waals surface area contributed by atoms with Crippen molar-refractivity contribution < 1.29 is 8.78 Å². The zero-order valence-corrected chi connectivity index (χ0v) is 18.5. The van der Waals surface area contributed by atoms with Crippen LogP contribution in [-0.4, -0.2) is 28.3 Å². The lowest BCUT2D eigenvalue weighted by Gasteiger charge is -2.08. The number of halogens is 2. The predicted octanol–water partition coefficient (Wildman–Crippen LogP) is 2.70. The molecule has 0 fully saturated rings. The van der Waals surface area contributed by atoms with Gasteiger partial charge in [-0.05, 0) is 29.3 Å². The monoisotopic (exact) mass is 468 g/mol. The van der Waals surface area contributed by atoms with E-state index in [2.05, 4.69) is 10.2 Å². The number of aromatic nitrogens is 6. The van der Waals surface area contributed by atoms with Gasteiger partial charge in [-0.1, -0.05) is 42.1 Å². The average molecular weight is 468 g/mol. The second-order valence-corrected chi connectivity index (χ2v) is 8.53. The van der Waals surface area contributed by atoms with E-state index in [-0.39, 0.29) is 29.4 Å².